The maximum atomic E-state index is 13.9. The third-order valence-electron chi connectivity index (χ3n) is 4.23. The molecule has 0 fully saturated rings. The molecule has 0 saturated heterocycles. The van der Waals surface area contributed by atoms with Gasteiger partial charge >= 0.3 is 0 Å². The molecule has 0 saturated carbocycles. The molecule has 3 aromatic rings. The Balaban J connectivity index is 1.94. The summed E-state index contributed by atoms with van der Waals surface area (Å²) in [6.45, 7) is 2.32. The number of hydrogen-bond donors (Lipinski definition) is 0. The number of hydrogen-bond acceptors (Lipinski definition) is 3. The number of allylic oxidation sites excluding steroid dienone is 1. The van der Waals surface area contributed by atoms with E-state index in [1.54, 1.807) is 42.5 Å². The molecular formula is C24H18F2INO2. The van der Waals surface area contributed by atoms with Crippen LogP contribution in [0.3, 0.4) is 0 Å². The quantitative estimate of drug-likeness (QED) is 0.201. The van der Waals surface area contributed by atoms with Crippen molar-refractivity contribution >= 4 is 34.2 Å². The van der Waals surface area contributed by atoms with Gasteiger partial charge in [-0.15, -0.1) is 0 Å². The van der Waals surface area contributed by atoms with Gasteiger partial charge in [-0.05, 0) is 77.0 Å². The number of nitriles is 1. The third kappa shape index (κ3) is 5.36. The first-order valence-electron chi connectivity index (χ1n) is 9.22. The monoisotopic (exact) mass is 517 g/mol. The van der Waals surface area contributed by atoms with Crippen LogP contribution in [0.15, 0.2) is 60.7 Å². The molecule has 0 unspecified atom stereocenters. The highest BCUT2D eigenvalue weighted by atomic mass is 127. The largest absolute Gasteiger partial charge is 0.490 e. The minimum absolute atomic E-state index is 0.0602. The van der Waals surface area contributed by atoms with E-state index in [1.807, 2.05) is 13.0 Å². The van der Waals surface area contributed by atoms with Crippen LogP contribution in [0.1, 0.15) is 23.6 Å². The van der Waals surface area contributed by atoms with Gasteiger partial charge < -0.3 is 9.47 Å². The predicted octanol–water partition coefficient (Wildman–Crippen LogP) is 6.61. The molecule has 0 heterocycles. The van der Waals surface area contributed by atoms with Crippen LogP contribution in [0.2, 0.25) is 0 Å². The van der Waals surface area contributed by atoms with E-state index in [-0.39, 0.29) is 12.4 Å². The summed E-state index contributed by atoms with van der Waals surface area (Å²) in [5, 5.41) is 9.53. The van der Waals surface area contributed by atoms with Gasteiger partial charge in [0.1, 0.15) is 18.2 Å². The molecular weight excluding hydrogens is 499 g/mol. The summed E-state index contributed by atoms with van der Waals surface area (Å²) >= 11 is 2.11. The molecule has 0 aromatic heterocycles. The van der Waals surface area contributed by atoms with E-state index in [4.69, 9.17) is 9.47 Å². The maximum Gasteiger partial charge on any atom is 0.175 e. The molecule has 0 N–H and O–H groups in total. The Morgan fingerprint density at radius 3 is 2.57 bits per heavy atom. The second-order valence-electron chi connectivity index (χ2n) is 6.32. The van der Waals surface area contributed by atoms with Crippen molar-refractivity contribution in [3.63, 3.8) is 0 Å². The van der Waals surface area contributed by atoms with Gasteiger partial charge in [0.25, 0.3) is 0 Å². The first-order chi connectivity index (χ1) is 14.5. The molecule has 3 rings (SSSR count). The molecule has 0 amide bonds. The summed E-state index contributed by atoms with van der Waals surface area (Å²) in [4.78, 5) is 0. The molecule has 152 valence electrons. The summed E-state index contributed by atoms with van der Waals surface area (Å²) in [5.74, 6) is 0.250. The van der Waals surface area contributed by atoms with Gasteiger partial charge in [-0.1, -0.05) is 30.3 Å². The fraction of sp³-hybridized carbons (Fsp3) is 0.125. The highest BCUT2D eigenvalue weighted by Crippen LogP contribution is 2.36. The van der Waals surface area contributed by atoms with Crippen molar-refractivity contribution in [3.8, 4) is 17.6 Å². The van der Waals surface area contributed by atoms with Crippen LogP contribution in [0.5, 0.6) is 11.5 Å². The number of rotatable bonds is 7. The van der Waals surface area contributed by atoms with E-state index in [9.17, 15) is 14.0 Å². The van der Waals surface area contributed by atoms with Gasteiger partial charge in [0.05, 0.1) is 21.8 Å². The van der Waals surface area contributed by atoms with E-state index in [0.29, 0.717) is 40.4 Å². The van der Waals surface area contributed by atoms with Crippen LogP contribution in [0, 0.1) is 26.5 Å². The fourth-order valence-electron chi connectivity index (χ4n) is 2.84. The molecule has 3 aromatic carbocycles. The van der Waals surface area contributed by atoms with Gasteiger partial charge in [-0.3, -0.25) is 0 Å². The molecule has 0 atom stereocenters. The maximum absolute atomic E-state index is 13.9. The minimum atomic E-state index is -0.407. The average Bonchev–Trinajstić information content (AvgIpc) is 2.73. The lowest BCUT2D eigenvalue weighted by molar-refractivity contribution is 0.264. The number of ether oxygens (including phenoxy) is 2. The summed E-state index contributed by atoms with van der Waals surface area (Å²) in [6, 6.07) is 18.0. The topological polar surface area (TPSA) is 42.2 Å². The first kappa shape index (κ1) is 21.8. The second kappa shape index (κ2) is 10.2. The van der Waals surface area contributed by atoms with Crippen LogP contribution in [-0.4, -0.2) is 6.61 Å². The molecule has 30 heavy (non-hydrogen) atoms. The lowest BCUT2D eigenvalue weighted by atomic mass is 10.0. The summed E-state index contributed by atoms with van der Waals surface area (Å²) in [5.41, 5.74) is 1.97. The number of nitrogens with zero attached hydrogens (tertiary/aromatic N) is 1. The Hall–Kier alpha value is -2.92. The zero-order valence-corrected chi connectivity index (χ0v) is 18.3. The predicted molar refractivity (Wildman–Crippen MR) is 121 cm³/mol. The molecule has 0 aliphatic heterocycles. The minimum Gasteiger partial charge on any atom is -0.490 e. The van der Waals surface area contributed by atoms with Crippen molar-refractivity contribution in [2.75, 3.05) is 6.61 Å². The van der Waals surface area contributed by atoms with Crippen LogP contribution < -0.4 is 9.47 Å². The average molecular weight is 517 g/mol. The van der Waals surface area contributed by atoms with Crippen LogP contribution in [0.25, 0.3) is 11.6 Å². The van der Waals surface area contributed by atoms with Crippen LogP contribution in [-0.2, 0) is 6.61 Å². The Morgan fingerprint density at radius 1 is 1.07 bits per heavy atom. The molecule has 0 aliphatic rings. The van der Waals surface area contributed by atoms with E-state index < -0.39 is 5.82 Å². The Labute approximate surface area is 187 Å². The third-order valence-corrected chi connectivity index (χ3v) is 5.03. The number of halogens is 3. The van der Waals surface area contributed by atoms with Gasteiger partial charge in [-0.25, -0.2) is 8.78 Å². The molecule has 0 radical (unpaired) electrons. The van der Waals surface area contributed by atoms with Crippen LogP contribution in [0.4, 0.5) is 8.78 Å². The smallest absolute Gasteiger partial charge is 0.175 e. The molecule has 0 spiro atoms. The fourth-order valence-corrected chi connectivity index (χ4v) is 3.62. The SMILES string of the molecule is CCOc1cc(/C=C(/C#N)c2cccc(F)c2)cc(I)c1OCc1ccccc1F. The Morgan fingerprint density at radius 2 is 1.87 bits per heavy atom. The molecule has 6 heteroatoms. The lowest BCUT2D eigenvalue weighted by Gasteiger charge is -2.15. The first-order valence-corrected chi connectivity index (χ1v) is 10.3. The molecule has 0 aliphatic carbocycles. The van der Waals surface area contributed by atoms with Crippen molar-refractivity contribution in [2.45, 2.75) is 13.5 Å². The number of benzene rings is 3. The summed E-state index contributed by atoms with van der Waals surface area (Å²) in [7, 11) is 0. The van der Waals surface area contributed by atoms with E-state index in [1.165, 1.54) is 18.2 Å². The highest BCUT2D eigenvalue weighted by molar-refractivity contribution is 14.1. The second-order valence-corrected chi connectivity index (χ2v) is 7.49. The van der Waals surface area contributed by atoms with Gasteiger partial charge in [-0.2, -0.15) is 5.26 Å². The van der Waals surface area contributed by atoms with Gasteiger partial charge in [0, 0.05) is 5.56 Å². The molecule has 0 bridgehead atoms. The highest BCUT2D eigenvalue weighted by Gasteiger charge is 2.14. The molecule has 3 nitrogen and oxygen atoms in total. The Bertz CT molecular complexity index is 1120. The van der Waals surface area contributed by atoms with Crippen molar-refractivity contribution in [1.82, 2.24) is 0 Å². The van der Waals surface area contributed by atoms with Gasteiger partial charge in [0.2, 0.25) is 0 Å². The van der Waals surface area contributed by atoms with Crippen LogP contribution >= 0.6 is 22.6 Å². The normalized spacial score (nSPS) is 11.1. The van der Waals surface area contributed by atoms with E-state index >= 15 is 0 Å². The Kier molecular flexibility index (Phi) is 7.41. The van der Waals surface area contributed by atoms with Crippen molar-refractivity contribution in [2.24, 2.45) is 0 Å². The lowest BCUT2D eigenvalue weighted by Crippen LogP contribution is -2.03. The van der Waals surface area contributed by atoms with Gasteiger partial charge in [0.15, 0.2) is 11.5 Å². The van der Waals surface area contributed by atoms with Crippen molar-refractivity contribution in [1.29, 1.82) is 5.26 Å². The van der Waals surface area contributed by atoms with E-state index in [0.717, 1.165) is 3.57 Å². The zero-order valence-electron chi connectivity index (χ0n) is 16.2. The summed E-state index contributed by atoms with van der Waals surface area (Å²) < 4.78 is 39.8. The standard InChI is InChI=1S/C24H18F2INO2/c1-2-29-23-12-16(10-19(14-28)17-7-5-8-20(25)13-17)11-22(27)24(23)30-15-18-6-3-4-9-21(18)26/h3-13H,2,15H2,1H3/b19-10-. The van der Waals surface area contributed by atoms with Crippen molar-refractivity contribution in [3.05, 3.63) is 92.6 Å². The zero-order chi connectivity index (χ0) is 21.5. The van der Waals surface area contributed by atoms with Crippen molar-refractivity contribution < 1.29 is 18.3 Å². The summed E-state index contributed by atoms with van der Waals surface area (Å²) in [6.07, 6.45) is 1.67. The van der Waals surface area contributed by atoms with E-state index in [2.05, 4.69) is 28.7 Å².